The van der Waals surface area contributed by atoms with E-state index in [9.17, 15) is 0 Å². The maximum Gasteiger partial charge on any atom is 0.141 e. The maximum absolute atomic E-state index is 7.08. The fourth-order valence-corrected chi connectivity index (χ4v) is 0.735. The molecule has 0 spiro atoms. The number of nitrogens with two attached hydrogens (primary N) is 2. The molecular weight excluding hydrogens is 178 g/mol. The van der Waals surface area contributed by atoms with Crippen LogP contribution in [0.2, 0.25) is 0 Å². The van der Waals surface area contributed by atoms with Crippen molar-refractivity contribution in [3.05, 3.63) is 29.6 Å². The number of hydrogen-bond acceptors (Lipinski definition) is 3. The van der Waals surface area contributed by atoms with Gasteiger partial charge >= 0.3 is 0 Å². The molecule has 76 valence electrons. The van der Waals surface area contributed by atoms with Crippen molar-refractivity contribution >= 4 is 11.7 Å². The van der Waals surface area contributed by atoms with Crippen LogP contribution in [0.5, 0.6) is 0 Å². The van der Waals surface area contributed by atoms with E-state index in [1.807, 2.05) is 13.8 Å². The fraction of sp³-hybridized carbons (Fsp3) is 0.222. The van der Waals surface area contributed by atoms with Gasteiger partial charge in [-0.2, -0.15) is 0 Å². The lowest BCUT2D eigenvalue weighted by Gasteiger charge is -1.99. The molecule has 0 saturated heterocycles. The maximum atomic E-state index is 7.08. The number of pyridine rings is 1. The molecule has 0 aliphatic rings. The average molecular weight is 193 g/mol. The van der Waals surface area contributed by atoms with E-state index in [1.54, 1.807) is 18.2 Å². The molecule has 14 heavy (non-hydrogen) atoms. The van der Waals surface area contributed by atoms with Crippen LogP contribution in [0.4, 0.5) is 0 Å². The predicted molar refractivity (Wildman–Crippen MR) is 57.6 cm³/mol. The summed E-state index contributed by atoms with van der Waals surface area (Å²) in [6.07, 6.45) is 0. The van der Waals surface area contributed by atoms with Gasteiger partial charge in [0.1, 0.15) is 23.1 Å². The molecule has 0 radical (unpaired) electrons. The largest absolute Gasteiger partial charge is 0.382 e. The monoisotopic (exact) mass is 193 g/mol. The lowest BCUT2D eigenvalue weighted by Crippen LogP contribution is -2.18. The molecule has 0 aliphatic carbocycles. The zero-order valence-corrected chi connectivity index (χ0v) is 8.33. The SMILES string of the molecule is CC.N=C(N)c1cccc(C(=N)N)n1. The van der Waals surface area contributed by atoms with Crippen LogP contribution in [0, 0.1) is 10.8 Å². The van der Waals surface area contributed by atoms with E-state index in [2.05, 4.69) is 4.98 Å². The molecule has 5 heteroatoms. The second-order valence-electron chi connectivity index (χ2n) is 2.24. The lowest BCUT2D eigenvalue weighted by molar-refractivity contribution is 1.21. The van der Waals surface area contributed by atoms with Crippen molar-refractivity contribution in [2.45, 2.75) is 13.8 Å². The molecule has 0 aliphatic heterocycles. The number of nitrogens with zero attached hydrogens (tertiary/aromatic N) is 1. The van der Waals surface area contributed by atoms with Gasteiger partial charge in [-0.15, -0.1) is 0 Å². The van der Waals surface area contributed by atoms with E-state index in [0.717, 1.165) is 0 Å². The second-order valence-corrected chi connectivity index (χ2v) is 2.24. The number of nitrogens with one attached hydrogen (secondary N) is 2. The minimum atomic E-state index is -0.127. The Balaban J connectivity index is 0.000000791. The van der Waals surface area contributed by atoms with Gasteiger partial charge in [0.05, 0.1) is 0 Å². The van der Waals surface area contributed by atoms with Crippen molar-refractivity contribution in [3.8, 4) is 0 Å². The summed E-state index contributed by atoms with van der Waals surface area (Å²) < 4.78 is 0. The van der Waals surface area contributed by atoms with Crippen molar-refractivity contribution in [2.75, 3.05) is 0 Å². The van der Waals surface area contributed by atoms with E-state index in [1.165, 1.54) is 0 Å². The molecule has 0 saturated carbocycles. The highest BCUT2D eigenvalue weighted by atomic mass is 14.9. The van der Waals surface area contributed by atoms with Gasteiger partial charge in [-0.1, -0.05) is 19.9 Å². The molecule has 0 fully saturated rings. The number of hydrogen-bond donors (Lipinski definition) is 4. The van der Waals surface area contributed by atoms with E-state index in [0.29, 0.717) is 11.4 Å². The van der Waals surface area contributed by atoms with E-state index >= 15 is 0 Å². The van der Waals surface area contributed by atoms with Crippen LogP contribution < -0.4 is 11.5 Å². The molecule has 5 nitrogen and oxygen atoms in total. The standard InChI is InChI=1S/C7H9N5.C2H6/c8-6(9)4-2-1-3-5(12-4)7(10)11;1-2/h1-3H,(H3,8,9)(H3,10,11);1-2H3. The average Bonchev–Trinajstić information content (AvgIpc) is 2.21. The normalized spacial score (nSPS) is 8.43. The number of amidine groups is 2. The Labute approximate surface area is 83.2 Å². The minimum absolute atomic E-state index is 0.127. The van der Waals surface area contributed by atoms with Gasteiger partial charge in [0.2, 0.25) is 0 Å². The molecule has 1 aromatic heterocycles. The molecular formula is C9H15N5. The van der Waals surface area contributed by atoms with Crippen LogP contribution in [0.3, 0.4) is 0 Å². The highest BCUT2D eigenvalue weighted by Crippen LogP contribution is 1.97. The number of nitrogen functional groups attached to an aromatic ring is 2. The van der Waals surface area contributed by atoms with Gasteiger partial charge in [-0.25, -0.2) is 4.98 Å². The summed E-state index contributed by atoms with van der Waals surface area (Å²) in [6, 6.07) is 4.84. The zero-order chi connectivity index (χ0) is 11.1. The first-order valence-corrected chi connectivity index (χ1v) is 4.27. The van der Waals surface area contributed by atoms with Gasteiger partial charge in [0.25, 0.3) is 0 Å². The van der Waals surface area contributed by atoms with Crippen molar-refractivity contribution in [1.29, 1.82) is 10.8 Å². The van der Waals surface area contributed by atoms with E-state index < -0.39 is 0 Å². The minimum Gasteiger partial charge on any atom is -0.382 e. The Morgan fingerprint density at radius 1 is 1.07 bits per heavy atom. The van der Waals surface area contributed by atoms with Gasteiger partial charge in [0.15, 0.2) is 0 Å². The summed E-state index contributed by atoms with van der Waals surface area (Å²) in [5, 5.41) is 14.2. The quantitative estimate of drug-likeness (QED) is 0.409. The van der Waals surface area contributed by atoms with Crippen molar-refractivity contribution in [3.63, 3.8) is 0 Å². The van der Waals surface area contributed by atoms with Crippen LogP contribution in [0.1, 0.15) is 25.2 Å². The Bertz CT molecular complexity index is 302. The Hall–Kier alpha value is -1.91. The molecule has 0 amide bonds. The second kappa shape index (κ2) is 5.69. The predicted octanol–water partition coefficient (Wildman–Crippen LogP) is 0.676. The van der Waals surface area contributed by atoms with Gasteiger partial charge in [-0.05, 0) is 12.1 Å². The van der Waals surface area contributed by atoms with Gasteiger partial charge in [0, 0.05) is 0 Å². The van der Waals surface area contributed by atoms with Crippen LogP contribution >= 0.6 is 0 Å². The smallest absolute Gasteiger partial charge is 0.141 e. The molecule has 1 rings (SSSR count). The third-order valence-electron chi connectivity index (χ3n) is 1.30. The summed E-state index contributed by atoms with van der Waals surface area (Å²) in [4.78, 5) is 3.87. The van der Waals surface area contributed by atoms with Crippen LogP contribution in [-0.2, 0) is 0 Å². The van der Waals surface area contributed by atoms with Crippen LogP contribution in [0.15, 0.2) is 18.2 Å². The third kappa shape index (κ3) is 3.22. The fourth-order valence-electron chi connectivity index (χ4n) is 0.735. The Morgan fingerprint density at radius 2 is 1.43 bits per heavy atom. The van der Waals surface area contributed by atoms with Gasteiger partial charge < -0.3 is 11.5 Å². The zero-order valence-electron chi connectivity index (χ0n) is 8.33. The van der Waals surface area contributed by atoms with E-state index in [4.69, 9.17) is 22.3 Å². The third-order valence-corrected chi connectivity index (χ3v) is 1.30. The summed E-state index contributed by atoms with van der Waals surface area (Å²) in [6.45, 7) is 4.00. The van der Waals surface area contributed by atoms with Crippen molar-refractivity contribution < 1.29 is 0 Å². The highest BCUT2D eigenvalue weighted by Gasteiger charge is 2.01. The lowest BCUT2D eigenvalue weighted by atomic mass is 10.3. The van der Waals surface area contributed by atoms with Crippen molar-refractivity contribution in [2.24, 2.45) is 11.5 Å². The van der Waals surface area contributed by atoms with Crippen molar-refractivity contribution in [1.82, 2.24) is 4.98 Å². The molecule has 0 unspecified atom stereocenters. The number of rotatable bonds is 2. The molecule has 0 aromatic carbocycles. The highest BCUT2D eigenvalue weighted by molar-refractivity contribution is 5.96. The summed E-state index contributed by atoms with van der Waals surface area (Å²) in [7, 11) is 0. The number of aromatic nitrogens is 1. The van der Waals surface area contributed by atoms with Gasteiger partial charge in [-0.3, -0.25) is 10.8 Å². The van der Waals surface area contributed by atoms with Crippen LogP contribution in [0.25, 0.3) is 0 Å². The summed E-state index contributed by atoms with van der Waals surface area (Å²) in [5.74, 6) is -0.254. The summed E-state index contributed by atoms with van der Waals surface area (Å²) >= 11 is 0. The summed E-state index contributed by atoms with van der Waals surface area (Å²) in [5.41, 5.74) is 11.1. The van der Waals surface area contributed by atoms with E-state index in [-0.39, 0.29) is 11.7 Å². The molecule has 1 heterocycles. The Kier molecular flexibility index (Phi) is 4.91. The Morgan fingerprint density at radius 3 is 1.71 bits per heavy atom. The first kappa shape index (κ1) is 12.1. The molecule has 0 bridgehead atoms. The molecule has 0 atom stereocenters. The topological polar surface area (TPSA) is 113 Å². The first-order valence-electron chi connectivity index (χ1n) is 4.27. The molecule has 1 aromatic rings. The first-order chi connectivity index (χ1) is 6.61. The molecule has 6 N–H and O–H groups in total. The van der Waals surface area contributed by atoms with Crippen LogP contribution in [-0.4, -0.2) is 16.7 Å².